The third kappa shape index (κ3) is 12.7. The van der Waals surface area contributed by atoms with Crippen LogP contribution in [0, 0.1) is 0 Å². The highest BCUT2D eigenvalue weighted by Crippen LogP contribution is 2.05. The minimum Gasteiger partial charge on any atom is -0.461 e. The van der Waals surface area contributed by atoms with Gasteiger partial charge >= 0.3 is 17.9 Å². The standard InChI is InChI=1S/2C9H9N3O2.C6H9N3O2.C2H6O.H4N2.H2O/c1-2-14-8(13)7-6-12-5-3-4-10-9(12)11-7;1-2-14-8(13)7-6-11-9-10-4-3-5-12(7)9;1-2-11-5(10)4-3-8-6(7)9-4;1-2-3;1-2;/h2*3-6H,2H2,1H3;3H,2H2,1H3,(H3,7,8,9);3H,2H2,1H3;1-2H2;1H2. The number of hydrogen-bond donors (Lipinski definition) is 5. The van der Waals surface area contributed by atoms with Crippen molar-refractivity contribution < 1.29 is 39.2 Å². The van der Waals surface area contributed by atoms with Gasteiger partial charge in [-0.3, -0.25) is 20.5 Å². The number of aliphatic hydroxyl groups is 1. The second kappa shape index (κ2) is 22.1. The number of nitrogen functional groups attached to an aromatic ring is 1. The fourth-order valence-electron chi connectivity index (χ4n) is 2.97. The van der Waals surface area contributed by atoms with Crippen molar-refractivity contribution in [1.29, 1.82) is 0 Å². The number of nitrogens with zero attached hydrogens (tertiary/aromatic N) is 7. The maximum Gasteiger partial charge on any atom is 0.358 e. The van der Waals surface area contributed by atoms with Crippen LogP contribution in [-0.4, -0.2) is 93.6 Å². The van der Waals surface area contributed by atoms with Gasteiger partial charge in [0.1, 0.15) is 5.69 Å². The second-order valence-electron chi connectivity index (χ2n) is 7.55. The molecule has 5 aromatic rings. The van der Waals surface area contributed by atoms with Crippen LogP contribution in [0.5, 0.6) is 0 Å². The highest BCUT2D eigenvalue weighted by Gasteiger charge is 2.13. The van der Waals surface area contributed by atoms with Crippen LogP contribution in [0.25, 0.3) is 11.6 Å². The SMILES string of the molecule is CCO.CCOC(=O)c1cn2cccnc2n1.CCOC(=O)c1cnc(N)[nH]1.CCOC(=O)c1cnc2ncccn12.NN.O. The molecule has 0 aliphatic rings. The van der Waals surface area contributed by atoms with Gasteiger partial charge in [0.25, 0.3) is 0 Å². The molecule has 0 aliphatic heterocycles. The Morgan fingerprint density at radius 3 is 1.93 bits per heavy atom. The number of esters is 3. The number of aromatic amines is 1. The third-order valence-electron chi connectivity index (χ3n) is 4.58. The maximum absolute atomic E-state index is 11.4. The van der Waals surface area contributed by atoms with Crippen molar-refractivity contribution in [2.24, 2.45) is 11.7 Å². The summed E-state index contributed by atoms with van der Waals surface area (Å²) < 4.78 is 17.6. The average molecular weight is 634 g/mol. The van der Waals surface area contributed by atoms with E-state index in [2.05, 4.69) is 46.3 Å². The van der Waals surface area contributed by atoms with Crippen LogP contribution in [-0.2, 0) is 14.2 Å². The highest BCUT2D eigenvalue weighted by atomic mass is 16.5. The van der Waals surface area contributed by atoms with E-state index in [1.54, 1.807) is 79.6 Å². The summed E-state index contributed by atoms with van der Waals surface area (Å²) in [5.74, 6) is 7.97. The molecule has 0 atom stereocenters. The zero-order valence-corrected chi connectivity index (χ0v) is 25.3. The van der Waals surface area contributed by atoms with Crippen molar-refractivity contribution in [3.05, 3.63) is 72.6 Å². The quantitative estimate of drug-likeness (QED) is 0.0709. The largest absolute Gasteiger partial charge is 0.461 e. The number of carbonyl (C=O) groups excluding carboxylic acids is 3. The first-order valence-corrected chi connectivity index (χ1v) is 13.1. The van der Waals surface area contributed by atoms with E-state index >= 15 is 0 Å². The molecule has 0 amide bonds. The summed E-state index contributed by atoms with van der Waals surface area (Å²) >= 11 is 0. The summed E-state index contributed by atoms with van der Waals surface area (Å²) in [4.78, 5) is 55.8. The molecule has 0 aliphatic carbocycles. The van der Waals surface area contributed by atoms with Crippen molar-refractivity contribution >= 4 is 35.4 Å². The van der Waals surface area contributed by atoms with Crippen molar-refractivity contribution in [3.63, 3.8) is 0 Å². The van der Waals surface area contributed by atoms with Gasteiger partial charge in [-0.05, 0) is 39.8 Å². The van der Waals surface area contributed by atoms with E-state index in [4.69, 9.17) is 20.3 Å². The molecule has 0 fully saturated rings. The molecule has 0 unspecified atom stereocenters. The second-order valence-corrected chi connectivity index (χ2v) is 7.55. The number of hydrazine groups is 1. The van der Waals surface area contributed by atoms with Crippen molar-refractivity contribution in [2.45, 2.75) is 27.7 Å². The molecule has 5 aromatic heterocycles. The van der Waals surface area contributed by atoms with E-state index in [1.165, 1.54) is 12.4 Å². The van der Waals surface area contributed by atoms with Crippen LogP contribution in [0.4, 0.5) is 5.95 Å². The monoisotopic (exact) mass is 633 g/mol. The number of rotatable bonds is 6. The summed E-state index contributed by atoms with van der Waals surface area (Å²) in [5.41, 5.74) is 6.20. The topological polar surface area (TPSA) is 298 Å². The van der Waals surface area contributed by atoms with Crippen LogP contribution < -0.4 is 17.4 Å². The molecule has 0 radical (unpaired) electrons. The predicted molar refractivity (Wildman–Crippen MR) is 162 cm³/mol. The first kappa shape index (κ1) is 39.5. The maximum atomic E-state index is 11.4. The third-order valence-corrected chi connectivity index (χ3v) is 4.58. The van der Waals surface area contributed by atoms with Gasteiger partial charge in [0.15, 0.2) is 17.3 Å². The zero-order chi connectivity index (χ0) is 32.9. The number of aromatic nitrogens is 8. The van der Waals surface area contributed by atoms with E-state index in [1.807, 2.05) is 0 Å². The Morgan fingerprint density at radius 1 is 0.822 bits per heavy atom. The lowest BCUT2D eigenvalue weighted by atomic mass is 10.5. The van der Waals surface area contributed by atoms with E-state index in [9.17, 15) is 14.4 Å². The molecule has 5 rings (SSSR count). The number of carbonyl (C=O) groups is 3. The van der Waals surface area contributed by atoms with Crippen LogP contribution >= 0.6 is 0 Å². The summed E-state index contributed by atoms with van der Waals surface area (Å²) in [6.07, 6.45) is 11.1. The van der Waals surface area contributed by atoms with Gasteiger partial charge in [0, 0.05) is 37.6 Å². The Morgan fingerprint density at radius 2 is 1.38 bits per heavy atom. The van der Waals surface area contributed by atoms with Crippen LogP contribution in [0.3, 0.4) is 0 Å². The predicted octanol–water partition coefficient (Wildman–Crippen LogP) is -0.0267. The number of ether oxygens (including phenoxy) is 3. The molecule has 0 saturated carbocycles. The first-order chi connectivity index (χ1) is 21.3. The Hall–Kier alpha value is -5.50. The molecule has 45 heavy (non-hydrogen) atoms. The molecular formula is C26H39N11O8. The number of fused-ring (bicyclic) bond motifs is 2. The number of aliphatic hydroxyl groups excluding tert-OH is 1. The summed E-state index contributed by atoms with van der Waals surface area (Å²) in [6.45, 7) is 8.23. The first-order valence-electron chi connectivity index (χ1n) is 13.1. The lowest BCUT2D eigenvalue weighted by Crippen LogP contribution is -2.07. The Labute approximate surface area is 257 Å². The number of hydrogen-bond acceptors (Lipinski definition) is 15. The molecule has 0 spiro atoms. The smallest absolute Gasteiger partial charge is 0.358 e. The van der Waals surface area contributed by atoms with Crippen molar-refractivity contribution in [1.82, 2.24) is 38.7 Å². The van der Waals surface area contributed by atoms with Crippen LogP contribution in [0.2, 0.25) is 0 Å². The van der Waals surface area contributed by atoms with Gasteiger partial charge in [-0.15, -0.1) is 0 Å². The fraction of sp³-hybridized carbons (Fsp3) is 0.308. The number of nitrogens with two attached hydrogens (primary N) is 3. The summed E-state index contributed by atoms with van der Waals surface area (Å²) in [5, 5.41) is 7.57. The van der Waals surface area contributed by atoms with E-state index in [0.717, 1.165) is 0 Å². The van der Waals surface area contributed by atoms with Gasteiger partial charge in [-0.1, -0.05) is 0 Å². The molecule has 0 aromatic carbocycles. The number of anilines is 1. The molecule has 19 nitrogen and oxygen atoms in total. The van der Waals surface area contributed by atoms with E-state index in [-0.39, 0.29) is 35.4 Å². The number of imidazole rings is 3. The number of H-pyrrole nitrogens is 1. The van der Waals surface area contributed by atoms with Crippen molar-refractivity contribution in [3.8, 4) is 0 Å². The lowest BCUT2D eigenvalue weighted by molar-refractivity contribution is 0.0509. The summed E-state index contributed by atoms with van der Waals surface area (Å²) in [6, 6.07) is 3.50. The normalized spacial score (nSPS) is 9.31. The average Bonchev–Trinajstić information content (AvgIpc) is 3.78. The highest BCUT2D eigenvalue weighted by molar-refractivity contribution is 5.88. The molecule has 0 saturated heterocycles. The lowest BCUT2D eigenvalue weighted by Gasteiger charge is -1.99. The van der Waals surface area contributed by atoms with Crippen LogP contribution in [0.1, 0.15) is 59.2 Å². The molecule has 246 valence electrons. The van der Waals surface area contributed by atoms with E-state index in [0.29, 0.717) is 37.1 Å². The minimum absolute atomic E-state index is 0. The molecular weight excluding hydrogens is 594 g/mol. The van der Waals surface area contributed by atoms with Gasteiger partial charge in [-0.2, -0.15) is 0 Å². The molecule has 0 bridgehead atoms. The minimum atomic E-state index is -0.434. The van der Waals surface area contributed by atoms with E-state index < -0.39 is 11.9 Å². The molecule has 19 heteroatoms. The Kier molecular flexibility index (Phi) is 19.4. The van der Waals surface area contributed by atoms with Gasteiger partial charge in [0.2, 0.25) is 11.6 Å². The zero-order valence-electron chi connectivity index (χ0n) is 25.3. The van der Waals surface area contributed by atoms with Gasteiger partial charge in [-0.25, -0.2) is 39.3 Å². The Bertz CT molecular complexity index is 1530. The van der Waals surface area contributed by atoms with Gasteiger partial charge in [0.05, 0.1) is 32.2 Å². The van der Waals surface area contributed by atoms with Gasteiger partial charge < -0.3 is 35.5 Å². The van der Waals surface area contributed by atoms with Crippen LogP contribution in [0.15, 0.2) is 55.5 Å². The molecule has 10 N–H and O–H groups in total. The Balaban J connectivity index is 0.000000599. The number of nitrogens with one attached hydrogen (secondary N) is 1. The summed E-state index contributed by atoms with van der Waals surface area (Å²) in [7, 11) is 0. The van der Waals surface area contributed by atoms with Crippen molar-refractivity contribution in [2.75, 3.05) is 32.2 Å². The molecule has 5 heterocycles. The fourth-order valence-corrected chi connectivity index (χ4v) is 2.97.